The summed E-state index contributed by atoms with van der Waals surface area (Å²) in [6, 6.07) is 43.1. The van der Waals surface area contributed by atoms with Crippen LogP contribution in [-0.4, -0.2) is 42.5 Å². The molecule has 0 spiro atoms. The Kier molecular flexibility index (Phi) is 8.38. The Morgan fingerprint density at radius 2 is 1.28 bits per heavy atom. The van der Waals surface area contributed by atoms with E-state index in [-0.39, 0.29) is 11.6 Å². The van der Waals surface area contributed by atoms with Crippen LogP contribution in [0.25, 0.3) is 11.5 Å². The number of nitrogens with zero attached hydrogens (tertiary/aromatic N) is 5. The van der Waals surface area contributed by atoms with Crippen LogP contribution in [0.1, 0.15) is 11.6 Å². The second-order valence-electron chi connectivity index (χ2n) is 10.5. The lowest BCUT2D eigenvalue weighted by molar-refractivity contribution is 0.121. The molecular formula is C36H30N6O3P+. The van der Waals surface area contributed by atoms with E-state index in [1.54, 1.807) is 0 Å². The molecule has 46 heavy (non-hydrogen) atoms. The Morgan fingerprint density at radius 3 is 1.83 bits per heavy atom. The van der Waals surface area contributed by atoms with Crippen LogP contribution in [0.3, 0.4) is 0 Å². The van der Waals surface area contributed by atoms with E-state index >= 15 is 0 Å². The molecular weight excluding hydrogens is 595 g/mol. The lowest BCUT2D eigenvalue weighted by Crippen LogP contribution is -2.44. The van der Waals surface area contributed by atoms with E-state index in [4.69, 9.17) is 18.6 Å². The van der Waals surface area contributed by atoms with Gasteiger partial charge in [0.05, 0.1) is 13.2 Å². The molecule has 0 atom stereocenters. The maximum atomic E-state index is 9.69. The molecule has 2 aromatic heterocycles. The number of anilines is 2. The molecule has 0 amide bonds. The number of hydrazone groups is 1. The highest BCUT2D eigenvalue weighted by Gasteiger charge is 2.53. The molecule has 6 aromatic rings. The van der Waals surface area contributed by atoms with Gasteiger partial charge in [0.2, 0.25) is 17.5 Å². The molecule has 1 fully saturated rings. The molecule has 1 aliphatic rings. The zero-order valence-corrected chi connectivity index (χ0v) is 25.8. The summed E-state index contributed by atoms with van der Waals surface area (Å²) in [5, 5.41) is 17.5. The first-order chi connectivity index (χ1) is 22.8. The lowest BCUT2D eigenvalue weighted by Gasteiger charge is -2.30. The van der Waals surface area contributed by atoms with E-state index in [1.165, 1.54) is 6.21 Å². The van der Waals surface area contributed by atoms with Gasteiger partial charge in [-0.15, -0.1) is 0 Å². The predicted molar refractivity (Wildman–Crippen MR) is 182 cm³/mol. The summed E-state index contributed by atoms with van der Waals surface area (Å²) in [5.74, 6) is 1.47. The maximum absolute atomic E-state index is 9.69. The second kappa shape index (κ2) is 13.2. The molecule has 0 saturated carbocycles. The second-order valence-corrected chi connectivity index (χ2v) is 13.8. The Balaban J connectivity index is 1.36. The van der Waals surface area contributed by atoms with Crippen molar-refractivity contribution < 1.29 is 13.6 Å². The Labute approximate surface area is 267 Å². The third kappa shape index (κ3) is 5.56. The predicted octanol–water partition coefficient (Wildman–Crippen LogP) is 5.10. The summed E-state index contributed by atoms with van der Waals surface area (Å²) in [6.07, 6.45) is 1.51. The average Bonchev–Trinajstić information content (AvgIpc) is 3.76. The summed E-state index contributed by atoms with van der Waals surface area (Å²) in [5.41, 5.74) is 4.54. The van der Waals surface area contributed by atoms with Gasteiger partial charge in [-0.2, -0.15) is 20.3 Å². The number of ether oxygens (including phenoxy) is 1. The van der Waals surface area contributed by atoms with Gasteiger partial charge in [0.15, 0.2) is 7.26 Å². The normalized spacial score (nSPS) is 13.5. The minimum absolute atomic E-state index is 0.0975. The van der Waals surface area contributed by atoms with Gasteiger partial charge in [-0.05, 0) is 48.5 Å². The molecule has 0 radical (unpaired) electrons. The van der Waals surface area contributed by atoms with E-state index in [0.717, 1.165) is 26.9 Å². The van der Waals surface area contributed by atoms with E-state index < -0.39 is 7.26 Å². The summed E-state index contributed by atoms with van der Waals surface area (Å²) >= 11 is 0. The number of aromatic nitrogens is 2. The Hall–Kier alpha value is -5.55. The van der Waals surface area contributed by atoms with Crippen molar-refractivity contribution in [2.24, 2.45) is 5.10 Å². The zero-order valence-electron chi connectivity index (χ0n) is 24.9. The number of hydrogen-bond donors (Lipinski definition) is 1. The number of oxazole rings is 2. The first kappa shape index (κ1) is 29.2. The zero-order chi connectivity index (χ0) is 31.2. The highest BCUT2D eigenvalue weighted by atomic mass is 31.2. The first-order valence-corrected chi connectivity index (χ1v) is 16.7. The number of nitrogens with one attached hydrogen (secondary N) is 1. The summed E-state index contributed by atoms with van der Waals surface area (Å²) in [6.45, 7) is 2.51. The van der Waals surface area contributed by atoms with Crippen LogP contribution in [0.15, 0.2) is 135 Å². The number of hydrogen-bond acceptors (Lipinski definition) is 9. The van der Waals surface area contributed by atoms with Crippen LogP contribution in [0.2, 0.25) is 0 Å². The first-order valence-electron chi connectivity index (χ1n) is 14.9. The molecule has 1 N–H and O–H groups in total. The van der Waals surface area contributed by atoms with E-state index in [0.29, 0.717) is 44.0 Å². The van der Waals surface area contributed by atoms with Crippen molar-refractivity contribution in [1.82, 2.24) is 9.97 Å². The van der Waals surface area contributed by atoms with Crippen LogP contribution in [0, 0.1) is 11.3 Å². The van der Waals surface area contributed by atoms with E-state index in [1.807, 2.05) is 48.5 Å². The quantitative estimate of drug-likeness (QED) is 0.134. The van der Waals surface area contributed by atoms with Crippen LogP contribution in [-0.2, 0) is 4.74 Å². The molecule has 0 bridgehead atoms. The van der Waals surface area contributed by atoms with Crippen LogP contribution >= 0.6 is 7.26 Å². The van der Waals surface area contributed by atoms with Crippen molar-refractivity contribution in [3.63, 3.8) is 0 Å². The van der Waals surface area contributed by atoms with Gasteiger partial charge < -0.3 is 18.5 Å². The van der Waals surface area contributed by atoms with Crippen LogP contribution < -0.4 is 31.7 Å². The average molecular weight is 626 g/mol. The summed E-state index contributed by atoms with van der Waals surface area (Å²) in [7, 11) is -2.56. The van der Waals surface area contributed by atoms with E-state index in [9.17, 15) is 5.26 Å². The monoisotopic (exact) mass is 625 g/mol. The molecule has 0 aliphatic carbocycles. The number of rotatable bonds is 9. The molecule has 1 saturated heterocycles. The van der Waals surface area contributed by atoms with Crippen molar-refractivity contribution in [1.29, 1.82) is 5.26 Å². The molecule has 0 unspecified atom stereocenters. The molecule has 10 heteroatoms. The topological polar surface area (TPSA) is 113 Å². The number of morpholine rings is 1. The fraction of sp³-hybridized carbons (Fsp3) is 0.111. The third-order valence-corrected chi connectivity index (χ3v) is 11.9. The van der Waals surface area contributed by atoms with Gasteiger partial charge in [0.1, 0.15) is 28.2 Å². The van der Waals surface area contributed by atoms with Crippen molar-refractivity contribution in [3.05, 3.63) is 133 Å². The minimum atomic E-state index is -2.56. The SMILES string of the molecule is N#Cc1nc(-c2ccccc2)oc1N/N=C\c1nc([P+](c2ccccc2)(c2ccccc2)c2ccccc2)c(N2CCOCC2)o1. The fourth-order valence-electron chi connectivity index (χ4n) is 5.66. The highest BCUT2D eigenvalue weighted by molar-refractivity contribution is 8.01. The molecule has 4 aromatic carbocycles. The van der Waals surface area contributed by atoms with Gasteiger partial charge >= 0.3 is 0 Å². The molecule has 3 heterocycles. The molecule has 9 nitrogen and oxygen atoms in total. The number of nitriles is 1. The molecule has 226 valence electrons. The molecule has 1 aliphatic heterocycles. The van der Waals surface area contributed by atoms with Gasteiger partial charge in [-0.3, -0.25) is 0 Å². The standard InChI is InChI=1S/C36H30N6O3P/c37-25-31-34(45-33(39-31)27-13-5-1-6-14-27)41-38-26-32-40-35(36(44-32)42-21-23-43-24-22-42)46(28-15-7-2-8-16-28,29-17-9-3-10-18-29)30-19-11-4-12-20-30/h1-20,26,41H,21-24H2/q+1/b38-26-. The van der Waals surface area contributed by atoms with Crippen LogP contribution in [0.4, 0.5) is 11.8 Å². The lowest BCUT2D eigenvalue weighted by atomic mass is 10.2. The summed E-state index contributed by atoms with van der Waals surface area (Å²) < 4.78 is 18.1. The fourth-order valence-corrected chi connectivity index (χ4v) is 9.87. The van der Waals surface area contributed by atoms with Gasteiger partial charge in [0, 0.05) is 18.7 Å². The minimum Gasteiger partial charge on any atom is -0.417 e. The number of benzene rings is 4. The third-order valence-electron chi connectivity index (χ3n) is 7.75. The molecule has 7 rings (SSSR count). The van der Waals surface area contributed by atoms with E-state index in [2.05, 4.69) is 99.3 Å². The Morgan fingerprint density at radius 1 is 0.739 bits per heavy atom. The van der Waals surface area contributed by atoms with Crippen LogP contribution in [0.5, 0.6) is 0 Å². The highest BCUT2D eigenvalue weighted by Crippen LogP contribution is 2.56. The van der Waals surface area contributed by atoms with Crippen molar-refractivity contribution >= 4 is 46.6 Å². The van der Waals surface area contributed by atoms with Gasteiger partial charge in [-0.1, -0.05) is 72.8 Å². The van der Waals surface area contributed by atoms with Crippen molar-refractivity contribution in [3.8, 4) is 17.5 Å². The van der Waals surface area contributed by atoms with Crippen molar-refractivity contribution in [2.75, 3.05) is 36.6 Å². The summed E-state index contributed by atoms with van der Waals surface area (Å²) in [4.78, 5) is 11.7. The van der Waals surface area contributed by atoms with Gasteiger partial charge in [-0.25, -0.2) is 5.43 Å². The maximum Gasteiger partial charge on any atom is 0.262 e. The Bertz CT molecular complexity index is 1870. The van der Waals surface area contributed by atoms with Gasteiger partial charge in [0.25, 0.3) is 17.2 Å². The largest absolute Gasteiger partial charge is 0.417 e. The van der Waals surface area contributed by atoms with Crippen molar-refractivity contribution in [2.45, 2.75) is 0 Å². The smallest absolute Gasteiger partial charge is 0.262 e.